The van der Waals surface area contributed by atoms with Crippen molar-refractivity contribution in [1.29, 1.82) is 0 Å². The smallest absolute Gasteiger partial charge is 0.287 e. The van der Waals surface area contributed by atoms with Crippen LogP contribution in [0.15, 0.2) is 46.2 Å². The molecule has 25 heavy (non-hydrogen) atoms. The van der Waals surface area contributed by atoms with Crippen LogP contribution in [0.5, 0.6) is 5.75 Å². The van der Waals surface area contributed by atoms with Gasteiger partial charge in [0.15, 0.2) is 17.1 Å². The summed E-state index contributed by atoms with van der Waals surface area (Å²) in [5, 5.41) is 16.7. The lowest BCUT2D eigenvalue weighted by atomic mass is 9.95. The molecule has 1 aliphatic carbocycles. The van der Waals surface area contributed by atoms with Crippen molar-refractivity contribution in [3.63, 3.8) is 0 Å². The molecule has 0 radical (unpaired) electrons. The Morgan fingerprint density at radius 1 is 1.40 bits per heavy atom. The largest absolute Gasteiger partial charge is 0.493 e. The summed E-state index contributed by atoms with van der Waals surface area (Å²) in [4.78, 5) is 13.4. The highest BCUT2D eigenvalue weighted by molar-refractivity contribution is 7.10. The maximum Gasteiger partial charge on any atom is 0.287 e. The molecular formula is C19H19NO4S. The lowest BCUT2D eigenvalue weighted by molar-refractivity contribution is 0.0166. The van der Waals surface area contributed by atoms with E-state index in [1.54, 1.807) is 19.2 Å². The van der Waals surface area contributed by atoms with E-state index in [0.717, 1.165) is 23.1 Å². The first kappa shape index (κ1) is 16.2. The normalized spacial score (nSPS) is 16.6. The highest BCUT2D eigenvalue weighted by Gasteiger charge is 2.46. The van der Waals surface area contributed by atoms with Gasteiger partial charge < -0.3 is 19.6 Å². The summed E-state index contributed by atoms with van der Waals surface area (Å²) in [6.07, 6.45) is 1.96. The fraction of sp³-hybridized carbons (Fsp3) is 0.316. The summed E-state index contributed by atoms with van der Waals surface area (Å²) in [5.74, 6) is 0.657. The molecule has 1 aliphatic rings. The van der Waals surface area contributed by atoms with Crippen molar-refractivity contribution in [2.75, 3.05) is 13.7 Å². The van der Waals surface area contributed by atoms with Gasteiger partial charge in [-0.15, -0.1) is 11.3 Å². The van der Waals surface area contributed by atoms with E-state index in [9.17, 15) is 9.90 Å². The third kappa shape index (κ3) is 2.92. The third-order valence-corrected chi connectivity index (χ3v) is 5.71. The van der Waals surface area contributed by atoms with Gasteiger partial charge in [0.1, 0.15) is 5.60 Å². The van der Waals surface area contributed by atoms with Gasteiger partial charge >= 0.3 is 0 Å². The molecule has 2 N–H and O–H groups in total. The maximum atomic E-state index is 12.5. The molecule has 1 saturated carbocycles. The standard InChI is InChI=1S/C19H19NO4S/c1-23-14-5-2-4-12-10-15(24-17(12)14)18(21)20-11-19(22,13-7-8-13)16-6-3-9-25-16/h2-6,9-10,13,22H,7-8,11H2,1H3,(H,20,21). The minimum Gasteiger partial charge on any atom is -0.493 e. The quantitative estimate of drug-likeness (QED) is 0.708. The van der Waals surface area contributed by atoms with Gasteiger partial charge in [-0.3, -0.25) is 4.79 Å². The number of carbonyl (C=O) groups is 1. The van der Waals surface area contributed by atoms with Crippen LogP contribution in [0.4, 0.5) is 0 Å². The van der Waals surface area contributed by atoms with Gasteiger partial charge in [-0.1, -0.05) is 18.2 Å². The fourth-order valence-electron chi connectivity index (χ4n) is 3.13. The topological polar surface area (TPSA) is 71.7 Å². The van der Waals surface area contributed by atoms with Crippen molar-refractivity contribution in [2.45, 2.75) is 18.4 Å². The van der Waals surface area contributed by atoms with Crippen LogP contribution in [0, 0.1) is 5.92 Å². The zero-order valence-electron chi connectivity index (χ0n) is 13.8. The number of furan rings is 1. The maximum absolute atomic E-state index is 12.5. The van der Waals surface area contributed by atoms with Crippen molar-refractivity contribution in [3.05, 3.63) is 52.4 Å². The van der Waals surface area contributed by atoms with Crippen LogP contribution in [-0.2, 0) is 5.60 Å². The van der Waals surface area contributed by atoms with Crippen molar-refractivity contribution in [3.8, 4) is 5.75 Å². The van der Waals surface area contributed by atoms with E-state index in [0.29, 0.717) is 11.3 Å². The molecule has 5 nitrogen and oxygen atoms in total. The molecule has 1 fully saturated rings. The van der Waals surface area contributed by atoms with E-state index in [-0.39, 0.29) is 24.1 Å². The van der Waals surface area contributed by atoms with Crippen LogP contribution in [0.1, 0.15) is 28.3 Å². The van der Waals surface area contributed by atoms with Gasteiger partial charge in [0.25, 0.3) is 5.91 Å². The van der Waals surface area contributed by atoms with E-state index in [2.05, 4.69) is 5.32 Å². The zero-order valence-corrected chi connectivity index (χ0v) is 14.6. The Kier molecular flexibility index (Phi) is 4.01. The zero-order chi connectivity index (χ0) is 17.4. The number of benzene rings is 1. The van der Waals surface area contributed by atoms with E-state index in [4.69, 9.17) is 9.15 Å². The van der Waals surface area contributed by atoms with Crippen LogP contribution in [0.3, 0.4) is 0 Å². The molecule has 2 heterocycles. The first-order chi connectivity index (χ1) is 12.1. The van der Waals surface area contributed by atoms with Crippen LogP contribution >= 0.6 is 11.3 Å². The minimum atomic E-state index is -1.01. The van der Waals surface area contributed by atoms with E-state index < -0.39 is 5.60 Å². The SMILES string of the molecule is COc1cccc2cc(C(=O)NCC(O)(c3cccs3)C3CC3)oc12. The number of ether oxygens (including phenoxy) is 1. The molecule has 1 atom stereocenters. The second-order valence-corrected chi connectivity index (χ2v) is 7.30. The van der Waals surface area contributed by atoms with Gasteiger partial charge in [-0.2, -0.15) is 0 Å². The second kappa shape index (κ2) is 6.20. The molecule has 0 bridgehead atoms. The first-order valence-electron chi connectivity index (χ1n) is 8.23. The van der Waals surface area contributed by atoms with E-state index >= 15 is 0 Å². The lowest BCUT2D eigenvalue weighted by Gasteiger charge is -2.27. The van der Waals surface area contributed by atoms with Gasteiger partial charge in [-0.25, -0.2) is 0 Å². The summed E-state index contributed by atoms with van der Waals surface area (Å²) >= 11 is 1.51. The summed E-state index contributed by atoms with van der Waals surface area (Å²) < 4.78 is 10.9. The number of methoxy groups -OCH3 is 1. The molecule has 4 rings (SSSR count). The molecule has 130 valence electrons. The second-order valence-electron chi connectivity index (χ2n) is 6.35. The van der Waals surface area contributed by atoms with Gasteiger partial charge in [0.05, 0.1) is 13.7 Å². The number of hydrogen-bond donors (Lipinski definition) is 2. The Balaban J connectivity index is 1.54. The van der Waals surface area contributed by atoms with Crippen molar-refractivity contribution in [1.82, 2.24) is 5.32 Å². The van der Waals surface area contributed by atoms with E-state index in [1.165, 1.54) is 11.3 Å². The number of para-hydroxylation sites is 1. The third-order valence-electron chi connectivity index (χ3n) is 4.67. The average Bonchev–Trinajstić information content (AvgIpc) is 3.17. The number of carbonyl (C=O) groups excluding carboxylic acids is 1. The molecule has 1 amide bonds. The molecule has 0 aliphatic heterocycles. The summed E-state index contributed by atoms with van der Waals surface area (Å²) in [5.41, 5.74) is -0.459. The Morgan fingerprint density at radius 2 is 2.24 bits per heavy atom. The van der Waals surface area contributed by atoms with Crippen LogP contribution in [-0.4, -0.2) is 24.7 Å². The van der Waals surface area contributed by atoms with Gasteiger partial charge in [-0.05, 0) is 42.3 Å². The number of aliphatic hydroxyl groups is 1. The number of fused-ring (bicyclic) bond motifs is 1. The number of rotatable bonds is 6. The van der Waals surface area contributed by atoms with Crippen molar-refractivity contribution < 1.29 is 19.1 Å². The summed E-state index contributed by atoms with van der Waals surface area (Å²) in [6, 6.07) is 11.0. The van der Waals surface area contributed by atoms with Crippen LogP contribution in [0.25, 0.3) is 11.0 Å². The van der Waals surface area contributed by atoms with Gasteiger partial charge in [0, 0.05) is 10.3 Å². The lowest BCUT2D eigenvalue weighted by Crippen LogP contribution is -2.41. The Labute approximate surface area is 149 Å². The molecule has 6 heteroatoms. The number of hydrogen-bond acceptors (Lipinski definition) is 5. The van der Waals surface area contributed by atoms with E-state index in [1.807, 2.05) is 29.6 Å². The molecular weight excluding hydrogens is 338 g/mol. The number of amides is 1. The molecule has 0 saturated heterocycles. The van der Waals surface area contributed by atoms with Crippen LogP contribution < -0.4 is 10.1 Å². The van der Waals surface area contributed by atoms with Crippen LogP contribution in [0.2, 0.25) is 0 Å². The average molecular weight is 357 g/mol. The highest BCUT2D eigenvalue weighted by atomic mass is 32.1. The van der Waals surface area contributed by atoms with Gasteiger partial charge in [0.2, 0.25) is 0 Å². The molecule has 3 aromatic rings. The predicted octanol–water partition coefficient (Wildman–Crippen LogP) is 3.53. The molecule has 1 aromatic carbocycles. The highest BCUT2D eigenvalue weighted by Crippen LogP contribution is 2.46. The Morgan fingerprint density at radius 3 is 2.92 bits per heavy atom. The van der Waals surface area contributed by atoms with Crippen molar-refractivity contribution in [2.24, 2.45) is 5.92 Å². The Bertz CT molecular complexity index is 897. The molecule has 1 unspecified atom stereocenters. The fourth-order valence-corrected chi connectivity index (χ4v) is 4.03. The summed E-state index contributed by atoms with van der Waals surface area (Å²) in [7, 11) is 1.56. The number of nitrogens with one attached hydrogen (secondary N) is 1. The predicted molar refractivity (Wildman–Crippen MR) is 96.0 cm³/mol. The molecule has 0 spiro atoms. The van der Waals surface area contributed by atoms with Crippen molar-refractivity contribution >= 4 is 28.2 Å². The molecule has 2 aromatic heterocycles. The number of thiophene rings is 1. The Hall–Kier alpha value is -2.31. The minimum absolute atomic E-state index is 0.172. The first-order valence-corrected chi connectivity index (χ1v) is 9.11. The summed E-state index contributed by atoms with van der Waals surface area (Å²) in [6.45, 7) is 0.172. The monoisotopic (exact) mass is 357 g/mol.